The minimum Gasteiger partial charge on any atom is -0.335 e. The summed E-state index contributed by atoms with van der Waals surface area (Å²) >= 11 is 3.47. The van der Waals surface area contributed by atoms with Gasteiger partial charge in [0.1, 0.15) is 0 Å². The Kier molecular flexibility index (Phi) is 5.52. The SMILES string of the molecule is Cc1cc(C(=O)N(CCBr)C2CCCCC2)c(C)nn1. The molecule has 0 bridgehead atoms. The van der Waals surface area contributed by atoms with Crippen LogP contribution in [-0.4, -0.2) is 38.9 Å². The first-order valence-corrected chi connectivity index (χ1v) is 8.43. The highest BCUT2D eigenvalue weighted by Crippen LogP contribution is 2.24. The van der Waals surface area contributed by atoms with Gasteiger partial charge in [0.15, 0.2) is 0 Å². The number of nitrogens with zero attached hydrogens (tertiary/aromatic N) is 3. The molecular formula is C15H22BrN3O. The number of rotatable bonds is 4. The Bertz CT molecular complexity index is 472. The van der Waals surface area contributed by atoms with Crippen molar-refractivity contribution in [3.05, 3.63) is 23.0 Å². The molecule has 0 radical (unpaired) electrons. The van der Waals surface area contributed by atoms with Crippen LogP contribution in [0.15, 0.2) is 6.07 Å². The Labute approximate surface area is 129 Å². The molecule has 110 valence electrons. The van der Waals surface area contributed by atoms with Crippen LogP contribution in [0.1, 0.15) is 53.8 Å². The number of hydrogen-bond acceptors (Lipinski definition) is 3. The molecule has 1 aromatic heterocycles. The van der Waals surface area contributed by atoms with Gasteiger partial charge in [-0.25, -0.2) is 0 Å². The van der Waals surface area contributed by atoms with Crippen molar-refractivity contribution in [2.24, 2.45) is 0 Å². The standard InChI is InChI=1S/C15H22BrN3O/c1-11-10-14(12(2)18-17-11)15(20)19(9-8-16)13-6-4-3-5-7-13/h10,13H,3-9H2,1-2H3. The van der Waals surface area contributed by atoms with Crippen LogP contribution in [-0.2, 0) is 0 Å². The van der Waals surface area contributed by atoms with Gasteiger partial charge in [-0.3, -0.25) is 4.79 Å². The van der Waals surface area contributed by atoms with Crippen LogP contribution in [0.25, 0.3) is 0 Å². The lowest BCUT2D eigenvalue weighted by atomic mass is 9.93. The van der Waals surface area contributed by atoms with Crippen LogP contribution in [0, 0.1) is 13.8 Å². The molecule has 0 unspecified atom stereocenters. The third-order valence-corrected chi connectivity index (χ3v) is 4.29. The van der Waals surface area contributed by atoms with Gasteiger partial charge >= 0.3 is 0 Å². The Hall–Kier alpha value is -0.970. The van der Waals surface area contributed by atoms with Crippen molar-refractivity contribution < 1.29 is 4.79 Å². The van der Waals surface area contributed by atoms with Crippen molar-refractivity contribution in [3.8, 4) is 0 Å². The van der Waals surface area contributed by atoms with Crippen molar-refractivity contribution in [2.45, 2.75) is 52.0 Å². The Morgan fingerprint density at radius 2 is 2.00 bits per heavy atom. The molecule has 0 atom stereocenters. The zero-order valence-electron chi connectivity index (χ0n) is 12.2. The number of amides is 1. The lowest BCUT2D eigenvalue weighted by molar-refractivity contribution is 0.0649. The Morgan fingerprint density at radius 3 is 2.65 bits per heavy atom. The number of alkyl halides is 1. The summed E-state index contributed by atoms with van der Waals surface area (Å²) in [5, 5.41) is 8.90. The molecule has 20 heavy (non-hydrogen) atoms. The fourth-order valence-corrected chi connectivity index (χ4v) is 3.24. The Morgan fingerprint density at radius 1 is 1.30 bits per heavy atom. The Balaban J connectivity index is 2.23. The van der Waals surface area contributed by atoms with E-state index in [0.717, 1.165) is 36.1 Å². The van der Waals surface area contributed by atoms with Crippen LogP contribution in [0.2, 0.25) is 0 Å². The molecule has 5 heteroatoms. The van der Waals surface area contributed by atoms with Gasteiger partial charge in [-0.1, -0.05) is 35.2 Å². The lowest BCUT2D eigenvalue weighted by Crippen LogP contribution is -2.43. The van der Waals surface area contributed by atoms with Crippen LogP contribution in [0.3, 0.4) is 0 Å². The number of carbonyl (C=O) groups excluding carboxylic acids is 1. The van der Waals surface area contributed by atoms with E-state index < -0.39 is 0 Å². The summed E-state index contributed by atoms with van der Waals surface area (Å²) in [4.78, 5) is 14.9. The number of aryl methyl sites for hydroxylation is 2. The largest absolute Gasteiger partial charge is 0.335 e. The minimum atomic E-state index is 0.104. The molecule has 1 aromatic rings. The first-order chi connectivity index (χ1) is 9.63. The third-order valence-electron chi connectivity index (χ3n) is 3.93. The second kappa shape index (κ2) is 7.16. The van der Waals surface area contributed by atoms with E-state index in [4.69, 9.17) is 0 Å². The van der Waals surface area contributed by atoms with Crippen molar-refractivity contribution in [1.82, 2.24) is 15.1 Å². The van der Waals surface area contributed by atoms with E-state index in [-0.39, 0.29) is 5.91 Å². The third kappa shape index (κ3) is 3.57. The predicted molar refractivity (Wildman–Crippen MR) is 83.2 cm³/mol. The summed E-state index contributed by atoms with van der Waals surface area (Å²) in [5.41, 5.74) is 2.21. The summed E-state index contributed by atoms with van der Waals surface area (Å²) in [5.74, 6) is 0.104. The average Bonchev–Trinajstić information content (AvgIpc) is 2.47. The molecule has 0 aromatic carbocycles. The van der Waals surface area contributed by atoms with Crippen LogP contribution >= 0.6 is 15.9 Å². The van der Waals surface area contributed by atoms with Crippen LogP contribution in [0.4, 0.5) is 0 Å². The molecule has 1 aliphatic rings. The van der Waals surface area contributed by atoms with E-state index in [2.05, 4.69) is 26.1 Å². The number of aromatic nitrogens is 2. The quantitative estimate of drug-likeness (QED) is 0.791. The van der Waals surface area contributed by atoms with Gasteiger partial charge in [-0.2, -0.15) is 10.2 Å². The van der Waals surface area contributed by atoms with E-state index in [9.17, 15) is 4.79 Å². The molecule has 0 spiro atoms. The molecule has 4 nitrogen and oxygen atoms in total. The van der Waals surface area contributed by atoms with Gasteiger partial charge < -0.3 is 4.90 Å². The molecule has 0 saturated heterocycles. The number of halogens is 1. The smallest absolute Gasteiger partial charge is 0.256 e. The monoisotopic (exact) mass is 339 g/mol. The molecule has 1 aliphatic carbocycles. The average molecular weight is 340 g/mol. The highest BCUT2D eigenvalue weighted by Gasteiger charge is 2.27. The highest BCUT2D eigenvalue weighted by atomic mass is 79.9. The number of hydrogen-bond donors (Lipinski definition) is 0. The molecule has 2 rings (SSSR count). The summed E-state index contributed by atoms with van der Waals surface area (Å²) in [6, 6.07) is 2.23. The molecule has 0 aliphatic heterocycles. The fraction of sp³-hybridized carbons (Fsp3) is 0.667. The van der Waals surface area contributed by atoms with E-state index in [0.29, 0.717) is 11.6 Å². The fourth-order valence-electron chi connectivity index (χ4n) is 2.85. The van der Waals surface area contributed by atoms with Gasteiger partial charge in [-0.15, -0.1) is 0 Å². The predicted octanol–water partition coefficient (Wildman–Crippen LogP) is 3.26. The van der Waals surface area contributed by atoms with Crippen molar-refractivity contribution in [2.75, 3.05) is 11.9 Å². The van der Waals surface area contributed by atoms with E-state index in [1.807, 2.05) is 24.8 Å². The normalized spacial score (nSPS) is 16.1. The minimum absolute atomic E-state index is 0.104. The molecule has 1 fully saturated rings. The summed E-state index contributed by atoms with van der Waals surface area (Å²) in [6.45, 7) is 4.48. The first kappa shape index (κ1) is 15.4. The van der Waals surface area contributed by atoms with Gasteiger partial charge in [0.25, 0.3) is 5.91 Å². The maximum Gasteiger partial charge on any atom is 0.256 e. The lowest BCUT2D eigenvalue weighted by Gasteiger charge is -2.34. The molecule has 1 saturated carbocycles. The van der Waals surface area contributed by atoms with E-state index in [1.165, 1.54) is 19.3 Å². The molecular weight excluding hydrogens is 318 g/mol. The van der Waals surface area contributed by atoms with Gasteiger partial charge in [-0.05, 0) is 32.8 Å². The number of carbonyl (C=O) groups is 1. The topological polar surface area (TPSA) is 46.1 Å². The van der Waals surface area contributed by atoms with E-state index in [1.54, 1.807) is 0 Å². The summed E-state index contributed by atoms with van der Waals surface area (Å²) < 4.78 is 0. The second-order valence-electron chi connectivity index (χ2n) is 5.46. The summed E-state index contributed by atoms with van der Waals surface area (Å²) in [6.07, 6.45) is 5.99. The maximum atomic E-state index is 12.8. The van der Waals surface area contributed by atoms with Crippen LogP contribution in [0.5, 0.6) is 0 Å². The van der Waals surface area contributed by atoms with Crippen molar-refractivity contribution in [3.63, 3.8) is 0 Å². The zero-order valence-corrected chi connectivity index (χ0v) is 13.8. The zero-order chi connectivity index (χ0) is 14.5. The highest BCUT2D eigenvalue weighted by molar-refractivity contribution is 9.09. The molecule has 1 heterocycles. The van der Waals surface area contributed by atoms with Crippen LogP contribution < -0.4 is 0 Å². The first-order valence-electron chi connectivity index (χ1n) is 7.31. The maximum absolute atomic E-state index is 12.8. The molecule has 1 amide bonds. The summed E-state index contributed by atoms with van der Waals surface area (Å²) in [7, 11) is 0. The molecule has 0 N–H and O–H groups in total. The van der Waals surface area contributed by atoms with Gasteiger partial charge in [0.05, 0.1) is 17.0 Å². The van der Waals surface area contributed by atoms with Crippen molar-refractivity contribution in [1.29, 1.82) is 0 Å². The van der Waals surface area contributed by atoms with Gasteiger partial charge in [0.2, 0.25) is 0 Å². The van der Waals surface area contributed by atoms with E-state index >= 15 is 0 Å². The second-order valence-corrected chi connectivity index (χ2v) is 6.26. The van der Waals surface area contributed by atoms with Crippen molar-refractivity contribution >= 4 is 21.8 Å². The van der Waals surface area contributed by atoms with Gasteiger partial charge in [0, 0.05) is 17.9 Å².